The molecule has 1 heterocycles. The molecule has 1 aliphatic heterocycles. The second kappa shape index (κ2) is 6.76. The van der Waals surface area contributed by atoms with Crippen LogP contribution in [-0.4, -0.2) is 26.9 Å². The quantitative estimate of drug-likeness (QED) is 0.585. The standard InChI is InChI=1S/C13H23BrO3/c1-3-4-5-6-7-8-13(16)12(14)9-11(15)10(2)17-13/h11-12,15-16H,2-9H2,1H3. The van der Waals surface area contributed by atoms with Crippen LogP contribution in [0, 0.1) is 0 Å². The topological polar surface area (TPSA) is 49.7 Å². The predicted molar refractivity (Wildman–Crippen MR) is 71.9 cm³/mol. The number of hydrogen-bond donors (Lipinski definition) is 2. The molecule has 1 aliphatic rings. The maximum Gasteiger partial charge on any atom is 0.220 e. The molecule has 0 aromatic rings. The van der Waals surface area contributed by atoms with E-state index in [4.69, 9.17) is 4.74 Å². The molecule has 0 aromatic heterocycles. The van der Waals surface area contributed by atoms with Crippen molar-refractivity contribution in [2.24, 2.45) is 0 Å². The van der Waals surface area contributed by atoms with Gasteiger partial charge in [0.2, 0.25) is 5.79 Å². The largest absolute Gasteiger partial charge is 0.464 e. The van der Waals surface area contributed by atoms with E-state index >= 15 is 0 Å². The summed E-state index contributed by atoms with van der Waals surface area (Å²) in [6.07, 6.45) is 6.04. The molecule has 4 heteroatoms. The molecule has 3 atom stereocenters. The molecule has 0 spiro atoms. The average molecular weight is 307 g/mol. The predicted octanol–water partition coefficient (Wildman–Crippen LogP) is 3.09. The molecular formula is C13H23BrO3. The minimum atomic E-state index is -1.21. The molecule has 0 bridgehead atoms. The highest BCUT2D eigenvalue weighted by atomic mass is 79.9. The highest BCUT2D eigenvalue weighted by Crippen LogP contribution is 2.37. The number of aliphatic hydroxyl groups excluding tert-OH is 1. The Morgan fingerprint density at radius 2 is 2.06 bits per heavy atom. The first-order valence-electron chi connectivity index (χ1n) is 6.42. The summed E-state index contributed by atoms with van der Waals surface area (Å²) >= 11 is 3.39. The van der Waals surface area contributed by atoms with Gasteiger partial charge in [-0.15, -0.1) is 0 Å². The molecule has 0 saturated carbocycles. The fourth-order valence-electron chi connectivity index (χ4n) is 2.06. The van der Waals surface area contributed by atoms with Crippen molar-refractivity contribution < 1.29 is 14.9 Å². The van der Waals surface area contributed by atoms with Crippen LogP contribution in [0.1, 0.15) is 51.9 Å². The molecule has 0 aromatic carbocycles. The monoisotopic (exact) mass is 306 g/mol. The van der Waals surface area contributed by atoms with Gasteiger partial charge in [0.15, 0.2) is 0 Å². The second-order valence-electron chi connectivity index (χ2n) is 4.80. The van der Waals surface area contributed by atoms with E-state index in [1.807, 2.05) is 0 Å². The van der Waals surface area contributed by atoms with Crippen LogP contribution in [0.25, 0.3) is 0 Å². The van der Waals surface area contributed by atoms with E-state index in [1.165, 1.54) is 19.3 Å². The van der Waals surface area contributed by atoms with Gasteiger partial charge in [0.1, 0.15) is 11.9 Å². The summed E-state index contributed by atoms with van der Waals surface area (Å²) in [7, 11) is 0. The van der Waals surface area contributed by atoms with Crippen molar-refractivity contribution in [2.75, 3.05) is 0 Å². The summed E-state index contributed by atoms with van der Waals surface area (Å²) in [4.78, 5) is -0.235. The van der Waals surface area contributed by atoms with E-state index in [0.29, 0.717) is 12.8 Å². The van der Waals surface area contributed by atoms with Gasteiger partial charge in [-0.3, -0.25) is 0 Å². The molecule has 1 saturated heterocycles. The smallest absolute Gasteiger partial charge is 0.220 e. The molecule has 2 N–H and O–H groups in total. The van der Waals surface area contributed by atoms with Gasteiger partial charge in [0.05, 0.1) is 4.83 Å². The molecule has 0 aliphatic carbocycles. The Hall–Kier alpha value is -0.0600. The molecule has 0 amide bonds. The van der Waals surface area contributed by atoms with Gasteiger partial charge in [0, 0.05) is 6.42 Å². The number of aliphatic hydroxyl groups is 2. The maximum absolute atomic E-state index is 10.3. The van der Waals surface area contributed by atoms with Crippen LogP contribution in [0.3, 0.4) is 0 Å². The van der Waals surface area contributed by atoms with E-state index in [9.17, 15) is 10.2 Å². The Morgan fingerprint density at radius 3 is 2.71 bits per heavy atom. The number of hydrogen-bond acceptors (Lipinski definition) is 3. The van der Waals surface area contributed by atoms with Crippen molar-refractivity contribution in [1.82, 2.24) is 0 Å². The number of unbranched alkanes of at least 4 members (excludes halogenated alkanes) is 4. The van der Waals surface area contributed by atoms with Crippen LogP contribution >= 0.6 is 15.9 Å². The van der Waals surface area contributed by atoms with Crippen molar-refractivity contribution >= 4 is 15.9 Å². The summed E-state index contributed by atoms with van der Waals surface area (Å²) in [5, 5.41) is 19.9. The number of ether oxygens (including phenoxy) is 1. The first kappa shape index (κ1) is 15.0. The fraction of sp³-hybridized carbons (Fsp3) is 0.846. The van der Waals surface area contributed by atoms with Crippen LogP contribution < -0.4 is 0 Å². The van der Waals surface area contributed by atoms with Gasteiger partial charge < -0.3 is 14.9 Å². The Labute approximate surface area is 112 Å². The number of rotatable bonds is 6. The highest BCUT2D eigenvalue weighted by Gasteiger charge is 2.43. The SMILES string of the molecule is C=C1OC(O)(CCCCCCC)C(Br)CC1O. The van der Waals surface area contributed by atoms with Gasteiger partial charge in [-0.2, -0.15) is 0 Å². The Balaban J connectivity index is 2.36. The Kier molecular flexibility index (Phi) is 5.97. The maximum atomic E-state index is 10.3. The van der Waals surface area contributed by atoms with E-state index in [-0.39, 0.29) is 10.6 Å². The first-order chi connectivity index (χ1) is 7.99. The lowest BCUT2D eigenvalue weighted by atomic mass is 9.96. The summed E-state index contributed by atoms with van der Waals surface area (Å²) in [6.45, 7) is 5.81. The van der Waals surface area contributed by atoms with E-state index in [0.717, 1.165) is 12.8 Å². The zero-order valence-corrected chi connectivity index (χ0v) is 12.1. The highest BCUT2D eigenvalue weighted by molar-refractivity contribution is 9.09. The minimum absolute atomic E-state index is 0.235. The summed E-state index contributed by atoms with van der Waals surface area (Å²) in [6, 6.07) is 0. The van der Waals surface area contributed by atoms with E-state index < -0.39 is 11.9 Å². The summed E-state index contributed by atoms with van der Waals surface area (Å²) in [5.74, 6) is -0.931. The van der Waals surface area contributed by atoms with E-state index in [1.54, 1.807) is 0 Å². The van der Waals surface area contributed by atoms with Crippen LogP contribution in [0.2, 0.25) is 0 Å². The third-order valence-electron chi connectivity index (χ3n) is 3.24. The fourth-order valence-corrected chi connectivity index (χ4v) is 2.74. The normalized spacial score (nSPS) is 33.5. The zero-order chi connectivity index (χ0) is 12.9. The van der Waals surface area contributed by atoms with Crippen molar-refractivity contribution in [2.45, 2.75) is 68.6 Å². The lowest BCUT2D eigenvalue weighted by molar-refractivity contribution is -0.210. The lowest BCUT2D eigenvalue weighted by Crippen LogP contribution is -2.48. The van der Waals surface area contributed by atoms with Gasteiger partial charge in [-0.05, 0) is 12.8 Å². The minimum Gasteiger partial charge on any atom is -0.464 e. The molecule has 100 valence electrons. The molecule has 3 unspecified atom stereocenters. The van der Waals surface area contributed by atoms with Crippen LogP contribution in [0.15, 0.2) is 12.3 Å². The lowest BCUT2D eigenvalue weighted by Gasteiger charge is -2.40. The second-order valence-corrected chi connectivity index (χ2v) is 5.90. The zero-order valence-electron chi connectivity index (χ0n) is 10.5. The van der Waals surface area contributed by atoms with Gasteiger partial charge in [-0.1, -0.05) is 55.1 Å². The van der Waals surface area contributed by atoms with Crippen molar-refractivity contribution in [1.29, 1.82) is 0 Å². The van der Waals surface area contributed by atoms with Gasteiger partial charge >= 0.3 is 0 Å². The first-order valence-corrected chi connectivity index (χ1v) is 7.33. The van der Waals surface area contributed by atoms with Gasteiger partial charge in [0.25, 0.3) is 0 Å². The van der Waals surface area contributed by atoms with Crippen LogP contribution in [-0.2, 0) is 4.74 Å². The van der Waals surface area contributed by atoms with Crippen LogP contribution in [0.4, 0.5) is 0 Å². The van der Waals surface area contributed by atoms with Crippen LogP contribution in [0.5, 0.6) is 0 Å². The number of alkyl halides is 1. The third-order valence-corrected chi connectivity index (χ3v) is 4.33. The molecule has 1 fully saturated rings. The summed E-state index contributed by atoms with van der Waals surface area (Å²) < 4.78 is 5.37. The molecule has 1 rings (SSSR count). The van der Waals surface area contributed by atoms with Crippen molar-refractivity contribution in [3.05, 3.63) is 12.3 Å². The third kappa shape index (κ3) is 4.27. The molecule has 3 nitrogen and oxygen atoms in total. The molecule has 0 radical (unpaired) electrons. The van der Waals surface area contributed by atoms with E-state index in [2.05, 4.69) is 29.4 Å². The number of halogens is 1. The van der Waals surface area contributed by atoms with Gasteiger partial charge in [-0.25, -0.2) is 0 Å². The molecular weight excluding hydrogens is 284 g/mol. The Morgan fingerprint density at radius 1 is 1.41 bits per heavy atom. The summed E-state index contributed by atoms with van der Waals surface area (Å²) in [5.41, 5.74) is 0. The average Bonchev–Trinajstić information content (AvgIpc) is 2.26. The molecule has 17 heavy (non-hydrogen) atoms. The Bertz CT molecular complexity index is 257. The van der Waals surface area contributed by atoms with Crippen molar-refractivity contribution in [3.63, 3.8) is 0 Å². The van der Waals surface area contributed by atoms with Crippen molar-refractivity contribution in [3.8, 4) is 0 Å².